The smallest absolute Gasteiger partial charge is 0.291 e. The van der Waals surface area contributed by atoms with Gasteiger partial charge in [0.15, 0.2) is 5.76 Å². The van der Waals surface area contributed by atoms with Gasteiger partial charge in [0.2, 0.25) is 0 Å². The predicted molar refractivity (Wildman–Crippen MR) is 70.5 cm³/mol. The normalized spacial score (nSPS) is 10.6. The molecule has 0 aliphatic rings. The van der Waals surface area contributed by atoms with Crippen molar-refractivity contribution in [2.45, 2.75) is 6.54 Å². The number of carbonyl (C=O) groups is 1. The summed E-state index contributed by atoms with van der Waals surface area (Å²) in [6.07, 6.45) is 1.49. The third-order valence-corrected chi connectivity index (χ3v) is 2.50. The zero-order valence-corrected chi connectivity index (χ0v) is 10.5. The highest BCUT2D eigenvalue weighted by Gasteiger charge is 2.11. The maximum atomic E-state index is 11.9. The van der Waals surface area contributed by atoms with Crippen LogP contribution in [0, 0.1) is 0 Å². The molecule has 1 amide bonds. The number of anilines is 1. The Hall–Kier alpha value is -2.07. The molecule has 0 aliphatic carbocycles. The van der Waals surface area contributed by atoms with E-state index in [9.17, 15) is 4.79 Å². The topological polar surface area (TPSA) is 45.5 Å². The van der Waals surface area contributed by atoms with Crippen LogP contribution in [0.2, 0.25) is 0 Å². The molecular weight excluding hydrogens is 228 g/mol. The van der Waals surface area contributed by atoms with Crippen LogP contribution in [0.1, 0.15) is 16.1 Å². The third-order valence-electron chi connectivity index (χ3n) is 2.50. The first-order valence-corrected chi connectivity index (χ1v) is 5.74. The Labute approximate surface area is 106 Å². The molecule has 0 atom stereocenters. The summed E-state index contributed by atoms with van der Waals surface area (Å²) in [6, 6.07) is 11.1. The average Bonchev–Trinajstić information content (AvgIpc) is 2.84. The number of furan rings is 1. The van der Waals surface area contributed by atoms with Gasteiger partial charge in [0.05, 0.1) is 6.26 Å². The molecule has 0 spiro atoms. The van der Waals surface area contributed by atoms with Crippen molar-refractivity contribution < 1.29 is 9.21 Å². The second-order valence-electron chi connectivity index (χ2n) is 4.33. The first kappa shape index (κ1) is 12.4. The maximum absolute atomic E-state index is 11.9. The van der Waals surface area contributed by atoms with E-state index >= 15 is 0 Å². The van der Waals surface area contributed by atoms with Gasteiger partial charge < -0.3 is 14.6 Å². The fourth-order valence-electron chi connectivity index (χ4n) is 1.71. The van der Waals surface area contributed by atoms with E-state index in [1.807, 2.05) is 38.4 Å². The highest BCUT2D eigenvalue weighted by molar-refractivity contribution is 6.02. The minimum Gasteiger partial charge on any atom is -0.459 e. The van der Waals surface area contributed by atoms with Crippen LogP contribution in [-0.2, 0) is 6.54 Å². The summed E-state index contributed by atoms with van der Waals surface area (Å²) in [5, 5.41) is 2.86. The molecule has 1 aromatic carbocycles. The molecule has 0 radical (unpaired) electrons. The summed E-state index contributed by atoms with van der Waals surface area (Å²) < 4.78 is 5.07. The molecule has 4 heteroatoms. The number of amides is 1. The summed E-state index contributed by atoms with van der Waals surface area (Å²) in [4.78, 5) is 13.9. The number of nitrogens with one attached hydrogen (secondary N) is 1. The molecule has 0 aliphatic heterocycles. The van der Waals surface area contributed by atoms with Crippen molar-refractivity contribution >= 4 is 11.6 Å². The van der Waals surface area contributed by atoms with Crippen molar-refractivity contribution in [1.29, 1.82) is 0 Å². The minimum atomic E-state index is -0.230. The minimum absolute atomic E-state index is 0.230. The molecule has 1 heterocycles. The van der Waals surface area contributed by atoms with Gasteiger partial charge in [-0.05, 0) is 37.9 Å². The molecule has 1 N–H and O–H groups in total. The number of hydrogen-bond donors (Lipinski definition) is 1. The van der Waals surface area contributed by atoms with Crippen LogP contribution in [0.25, 0.3) is 0 Å². The number of carbonyl (C=O) groups excluding carboxylic acids is 1. The Morgan fingerprint density at radius 2 is 2.00 bits per heavy atom. The number of rotatable bonds is 4. The van der Waals surface area contributed by atoms with E-state index in [0.717, 1.165) is 17.8 Å². The van der Waals surface area contributed by atoms with Crippen LogP contribution in [0.5, 0.6) is 0 Å². The highest BCUT2D eigenvalue weighted by atomic mass is 16.3. The summed E-state index contributed by atoms with van der Waals surface area (Å²) in [7, 11) is 3.98. The van der Waals surface area contributed by atoms with E-state index in [0.29, 0.717) is 5.76 Å². The van der Waals surface area contributed by atoms with Crippen molar-refractivity contribution in [2.75, 3.05) is 19.4 Å². The van der Waals surface area contributed by atoms with Gasteiger partial charge in [-0.15, -0.1) is 0 Å². The van der Waals surface area contributed by atoms with E-state index in [4.69, 9.17) is 4.42 Å². The standard InChI is InChI=1S/C14H16N2O2/c1-16(2)10-11-6-3-4-7-12(11)15-14(17)13-8-5-9-18-13/h3-9H,10H2,1-2H3,(H,15,17). The summed E-state index contributed by atoms with van der Waals surface area (Å²) in [6.45, 7) is 0.772. The van der Waals surface area contributed by atoms with Crippen molar-refractivity contribution in [2.24, 2.45) is 0 Å². The van der Waals surface area contributed by atoms with E-state index in [2.05, 4.69) is 10.2 Å². The van der Waals surface area contributed by atoms with Crippen molar-refractivity contribution in [3.8, 4) is 0 Å². The SMILES string of the molecule is CN(C)Cc1ccccc1NC(=O)c1ccco1. The lowest BCUT2D eigenvalue weighted by Gasteiger charge is -2.14. The number of hydrogen-bond acceptors (Lipinski definition) is 3. The van der Waals surface area contributed by atoms with Gasteiger partial charge in [-0.3, -0.25) is 4.79 Å². The zero-order chi connectivity index (χ0) is 13.0. The summed E-state index contributed by atoms with van der Waals surface area (Å²) >= 11 is 0. The predicted octanol–water partition coefficient (Wildman–Crippen LogP) is 2.59. The first-order chi connectivity index (χ1) is 8.66. The monoisotopic (exact) mass is 244 g/mol. The Morgan fingerprint density at radius 1 is 1.22 bits per heavy atom. The fraction of sp³-hybridized carbons (Fsp3) is 0.214. The Bertz CT molecular complexity index is 518. The lowest BCUT2D eigenvalue weighted by Crippen LogP contribution is -2.16. The molecule has 0 saturated carbocycles. The quantitative estimate of drug-likeness (QED) is 0.899. The van der Waals surface area contributed by atoms with Gasteiger partial charge in [0.1, 0.15) is 0 Å². The van der Waals surface area contributed by atoms with Gasteiger partial charge in [-0.1, -0.05) is 18.2 Å². The molecule has 0 bridgehead atoms. The maximum Gasteiger partial charge on any atom is 0.291 e. The molecule has 0 unspecified atom stereocenters. The van der Waals surface area contributed by atoms with E-state index < -0.39 is 0 Å². The lowest BCUT2D eigenvalue weighted by atomic mass is 10.1. The lowest BCUT2D eigenvalue weighted by molar-refractivity contribution is 0.0996. The second kappa shape index (κ2) is 5.51. The van der Waals surface area contributed by atoms with Crippen LogP contribution in [0.4, 0.5) is 5.69 Å². The van der Waals surface area contributed by atoms with E-state index in [1.165, 1.54) is 6.26 Å². The Kier molecular flexibility index (Phi) is 3.79. The molecule has 4 nitrogen and oxygen atoms in total. The van der Waals surface area contributed by atoms with Gasteiger partial charge >= 0.3 is 0 Å². The van der Waals surface area contributed by atoms with Crippen LogP contribution >= 0.6 is 0 Å². The largest absolute Gasteiger partial charge is 0.459 e. The summed E-state index contributed by atoms with van der Waals surface area (Å²) in [5.74, 6) is 0.0841. The van der Waals surface area contributed by atoms with Gasteiger partial charge in [-0.25, -0.2) is 0 Å². The fourth-order valence-corrected chi connectivity index (χ4v) is 1.71. The van der Waals surface area contributed by atoms with Crippen LogP contribution in [0.15, 0.2) is 47.1 Å². The number of benzene rings is 1. The molecule has 2 rings (SSSR count). The van der Waals surface area contributed by atoms with Crippen molar-refractivity contribution in [3.63, 3.8) is 0 Å². The van der Waals surface area contributed by atoms with E-state index in [1.54, 1.807) is 12.1 Å². The van der Waals surface area contributed by atoms with Crippen molar-refractivity contribution in [1.82, 2.24) is 4.90 Å². The summed E-state index contributed by atoms with van der Waals surface area (Å²) in [5.41, 5.74) is 1.88. The van der Waals surface area contributed by atoms with E-state index in [-0.39, 0.29) is 5.91 Å². The molecule has 18 heavy (non-hydrogen) atoms. The molecule has 2 aromatic rings. The molecule has 0 fully saturated rings. The van der Waals surface area contributed by atoms with Crippen LogP contribution in [-0.4, -0.2) is 24.9 Å². The van der Waals surface area contributed by atoms with Gasteiger partial charge in [0, 0.05) is 12.2 Å². The second-order valence-corrected chi connectivity index (χ2v) is 4.33. The number of para-hydroxylation sites is 1. The van der Waals surface area contributed by atoms with Gasteiger partial charge in [0.25, 0.3) is 5.91 Å². The molecular formula is C14H16N2O2. The third kappa shape index (κ3) is 2.99. The van der Waals surface area contributed by atoms with Gasteiger partial charge in [-0.2, -0.15) is 0 Å². The average molecular weight is 244 g/mol. The highest BCUT2D eigenvalue weighted by Crippen LogP contribution is 2.17. The molecule has 0 saturated heterocycles. The molecule has 94 valence electrons. The molecule has 1 aromatic heterocycles. The van der Waals surface area contributed by atoms with Crippen molar-refractivity contribution in [3.05, 3.63) is 54.0 Å². The van der Waals surface area contributed by atoms with Crippen LogP contribution < -0.4 is 5.32 Å². The number of nitrogens with zero attached hydrogens (tertiary/aromatic N) is 1. The van der Waals surface area contributed by atoms with Crippen LogP contribution in [0.3, 0.4) is 0 Å². The Balaban J connectivity index is 2.16. The Morgan fingerprint density at radius 3 is 2.67 bits per heavy atom. The first-order valence-electron chi connectivity index (χ1n) is 5.74. The zero-order valence-electron chi connectivity index (χ0n) is 10.5.